The zero-order valence-electron chi connectivity index (χ0n) is 11.8. The minimum absolute atomic E-state index is 0.137. The molecule has 1 fully saturated rings. The van der Waals surface area contributed by atoms with E-state index in [1.54, 1.807) is 6.92 Å². The molecule has 1 aromatic heterocycles. The highest BCUT2D eigenvalue weighted by Crippen LogP contribution is 2.15. The van der Waals surface area contributed by atoms with Gasteiger partial charge in [0.25, 0.3) is 0 Å². The zero-order valence-corrected chi connectivity index (χ0v) is 11.8. The van der Waals surface area contributed by atoms with Crippen LogP contribution in [0.1, 0.15) is 19.5 Å². The van der Waals surface area contributed by atoms with Crippen molar-refractivity contribution in [1.82, 2.24) is 14.9 Å². The predicted octanol–water partition coefficient (Wildman–Crippen LogP) is 0.885. The molecule has 6 nitrogen and oxygen atoms in total. The topological polar surface area (TPSA) is 61.4 Å². The lowest BCUT2D eigenvalue weighted by Gasteiger charge is -2.34. The standard InChI is InChI=1S/C13H21N5O/c1-4-14-12-9-10(2)15-13(16-12)18-7-5-17(6-8-18)11(3)19/h9H,4-8H2,1-3H3,(H,14,15,16). The van der Waals surface area contributed by atoms with Gasteiger partial charge < -0.3 is 15.1 Å². The summed E-state index contributed by atoms with van der Waals surface area (Å²) in [6, 6.07) is 1.94. The lowest BCUT2D eigenvalue weighted by atomic mass is 10.3. The maximum atomic E-state index is 11.3. The quantitative estimate of drug-likeness (QED) is 0.877. The molecular formula is C13H21N5O. The van der Waals surface area contributed by atoms with Gasteiger partial charge in [0.05, 0.1) is 0 Å². The first-order valence-electron chi connectivity index (χ1n) is 6.70. The van der Waals surface area contributed by atoms with Crippen LogP contribution in [0, 0.1) is 6.92 Å². The van der Waals surface area contributed by atoms with E-state index in [1.807, 2.05) is 24.8 Å². The molecule has 1 aromatic rings. The van der Waals surface area contributed by atoms with Gasteiger partial charge in [0, 0.05) is 51.4 Å². The van der Waals surface area contributed by atoms with Crippen LogP contribution in [0.2, 0.25) is 0 Å². The summed E-state index contributed by atoms with van der Waals surface area (Å²) in [7, 11) is 0. The molecule has 0 saturated carbocycles. The van der Waals surface area contributed by atoms with Crippen LogP contribution >= 0.6 is 0 Å². The van der Waals surface area contributed by atoms with Crippen molar-refractivity contribution in [1.29, 1.82) is 0 Å². The number of nitrogens with zero attached hydrogens (tertiary/aromatic N) is 4. The van der Waals surface area contributed by atoms with Gasteiger partial charge in [-0.05, 0) is 13.8 Å². The number of piperazine rings is 1. The van der Waals surface area contributed by atoms with Crippen molar-refractivity contribution in [3.63, 3.8) is 0 Å². The van der Waals surface area contributed by atoms with Gasteiger partial charge in [0.15, 0.2) is 0 Å². The number of aromatic nitrogens is 2. The Labute approximate surface area is 113 Å². The predicted molar refractivity (Wildman–Crippen MR) is 75.4 cm³/mol. The van der Waals surface area contributed by atoms with Crippen molar-refractivity contribution < 1.29 is 4.79 Å². The number of rotatable bonds is 3. The third kappa shape index (κ3) is 3.33. The fourth-order valence-electron chi connectivity index (χ4n) is 2.19. The van der Waals surface area contributed by atoms with Crippen LogP contribution in [-0.4, -0.2) is 53.5 Å². The van der Waals surface area contributed by atoms with Crippen LogP contribution in [-0.2, 0) is 4.79 Å². The Balaban J connectivity index is 2.08. The van der Waals surface area contributed by atoms with Crippen molar-refractivity contribution in [2.45, 2.75) is 20.8 Å². The Kier molecular flexibility index (Phi) is 4.19. The molecule has 0 aromatic carbocycles. The summed E-state index contributed by atoms with van der Waals surface area (Å²) in [4.78, 5) is 24.3. The minimum atomic E-state index is 0.137. The smallest absolute Gasteiger partial charge is 0.227 e. The fraction of sp³-hybridized carbons (Fsp3) is 0.615. The van der Waals surface area contributed by atoms with Gasteiger partial charge in [-0.2, -0.15) is 4.98 Å². The average molecular weight is 263 g/mol. The van der Waals surface area contributed by atoms with Crippen molar-refractivity contribution >= 4 is 17.7 Å². The Hall–Kier alpha value is -1.85. The molecule has 0 atom stereocenters. The zero-order chi connectivity index (χ0) is 13.8. The summed E-state index contributed by atoms with van der Waals surface area (Å²) in [5.74, 6) is 1.75. The number of amides is 1. The Morgan fingerprint density at radius 2 is 2.00 bits per heavy atom. The first-order valence-corrected chi connectivity index (χ1v) is 6.70. The van der Waals surface area contributed by atoms with Crippen molar-refractivity contribution in [3.05, 3.63) is 11.8 Å². The molecule has 6 heteroatoms. The number of hydrogen-bond donors (Lipinski definition) is 1. The monoisotopic (exact) mass is 263 g/mol. The number of hydrogen-bond acceptors (Lipinski definition) is 5. The average Bonchev–Trinajstić information content (AvgIpc) is 2.38. The van der Waals surface area contributed by atoms with E-state index in [4.69, 9.17) is 0 Å². The third-order valence-electron chi connectivity index (χ3n) is 3.21. The van der Waals surface area contributed by atoms with Crippen LogP contribution in [0.4, 0.5) is 11.8 Å². The lowest BCUT2D eigenvalue weighted by molar-refractivity contribution is -0.129. The van der Waals surface area contributed by atoms with Crippen LogP contribution in [0.15, 0.2) is 6.07 Å². The van der Waals surface area contributed by atoms with Crippen LogP contribution in [0.5, 0.6) is 0 Å². The molecule has 19 heavy (non-hydrogen) atoms. The number of aryl methyl sites for hydroxylation is 1. The molecule has 2 heterocycles. The molecule has 1 saturated heterocycles. The first-order chi connectivity index (χ1) is 9.10. The molecule has 1 aliphatic rings. The van der Waals surface area contributed by atoms with Gasteiger partial charge in [0.1, 0.15) is 5.82 Å². The van der Waals surface area contributed by atoms with Gasteiger partial charge in [-0.25, -0.2) is 4.98 Å². The molecule has 2 rings (SSSR count). The number of anilines is 2. The molecule has 0 aliphatic carbocycles. The Bertz CT molecular complexity index is 454. The van der Waals surface area contributed by atoms with Crippen LogP contribution < -0.4 is 10.2 Å². The van der Waals surface area contributed by atoms with E-state index in [0.29, 0.717) is 0 Å². The van der Waals surface area contributed by atoms with Gasteiger partial charge >= 0.3 is 0 Å². The maximum Gasteiger partial charge on any atom is 0.227 e. The molecule has 1 N–H and O–H groups in total. The lowest BCUT2D eigenvalue weighted by Crippen LogP contribution is -2.48. The van der Waals surface area contributed by atoms with Crippen LogP contribution in [0.25, 0.3) is 0 Å². The SMILES string of the molecule is CCNc1cc(C)nc(N2CCN(C(C)=O)CC2)n1. The summed E-state index contributed by atoms with van der Waals surface area (Å²) in [6.45, 7) is 9.52. The van der Waals surface area contributed by atoms with E-state index in [-0.39, 0.29) is 5.91 Å². The van der Waals surface area contributed by atoms with Gasteiger partial charge in [-0.1, -0.05) is 0 Å². The van der Waals surface area contributed by atoms with E-state index in [2.05, 4.69) is 20.2 Å². The summed E-state index contributed by atoms with van der Waals surface area (Å²) in [5, 5.41) is 3.21. The van der Waals surface area contributed by atoms with E-state index in [9.17, 15) is 4.79 Å². The molecule has 0 unspecified atom stereocenters. The second-order valence-electron chi connectivity index (χ2n) is 4.72. The summed E-state index contributed by atoms with van der Waals surface area (Å²) in [5.41, 5.74) is 0.954. The number of carbonyl (C=O) groups is 1. The van der Waals surface area contributed by atoms with E-state index in [0.717, 1.165) is 50.2 Å². The summed E-state index contributed by atoms with van der Waals surface area (Å²) < 4.78 is 0. The molecule has 0 radical (unpaired) electrons. The van der Waals surface area contributed by atoms with Gasteiger partial charge in [0.2, 0.25) is 11.9 Å². The fourth-order valence-corrected chi connectivity index (χ4v) is 2.19. The Morgan fingerprint density at radius 1 is 1.32 bits per heavy atom. The second-order valence-corrected chi connectivity index (χ2v) is 4.72. The molecule has 104 valence electrons. The van der Waals surface area contributed by atoms with Crippen molar-refractivity contribution in [3.8, 4) is 0 Å². The normalized spacial score (nSPS) is 15.5. The third-order valence-corrected chi connectivity index (χ3v) is 3.21. The minimum Gasteiger partial charge on any atom is -0.370 e. The molecule has 0 bridgehead atoms. The maximum absolute atomic E-state index is 11.3. The largest absolute Gasteiger partial charge is 0.370 e. The molecule has 0 spiro atoms. The highest BCUT2D eigenvalue weighted by molar-refractivity contribution is 5.73. The van der Waals surface area contributed by atoms with Gasteiger partial charge in [-0.3, -0.25) is 4.79 Å². The molecule has 1 amide bonds. The van der Waals surface area contributed by atoms with Crippen molar-refractivity contribution in [2.24, 2.45) is 0 Å². The van der Waals surface area contributed by atoms with Gasteiger partial charge in [-0.15, -0.1) is 0 Å². The number of nitrogens with one attached hydrogen (secondary N) is 1. The first kappa shape index (κ1) is 13.6. The molecule has 1 aliphatic heterocycles. The number of carbonyl (C=O) groups excluding carboxylic acids is 1. The summed E-state index contributed by atoms with van der Waals surface area (Å²) >= 11 is 0. The van der Waals surface area contributed by atoms with E-state index in [1.165, 1.54) is 0 Å². The summed E-state index contributed by atoms with van der Waals surface area (Å²) in [6.07, 6.45) is 0. The molecular weight excluding hydrogens is 242 g/mol. The Morgan fingerprint density at radius 3 is 2.58 bits per heavy atom. The highest BCUT2D eigenvalue weighted by Gasteiger charge is 2.20. The van der Waals surface area contributed by atoms with Crippen molar-refractivity contribution in [2.75, 3.05) is 42.9 Å². The van der Waals surface area contributed by atoms with Crippen LogP contribution in [0.3, 0.4) is 0 Å². The second kappa shape index (κ2) is 5.86. The van der Waals surface area contributed by atoms with E-state index >= 15 is 0 Å². The highest BCUT2D eigenvalue weighted by atomic mass is 16.2. The van der Waals surface area contributed by atoms with E-state index < -0.39 is 0 Å².